The van der Waals surface area contributed by atoms with E-state index in [1.165, 1.54) is 38.9 Å². The molecule has 1 aliphatic carbocycles. The van der Waals surface area contributed by atoms with Crippen molar-refractivity contribution in [1.29, 1.82) is 0 Å². The SMILES string of the molecule is c1ccc(-c2nc(-c3ccccc3)nc(-c3cccc4cc(-c5ccc6c(c5)C(c5ccccc5)(c5ccccc5)c5ccccc5-6)ccc34)n2)cc1. The topological polar surface area (TPSA) is 38.7 Å². The van der Waals surface area contributed by atoms with Crippen LogP contribution in [0.25, 0.3) is 67.2 Å². The van der Waals surface area contributed by atoms with Gasteiger partial charge in [0, 0.05) is 16.7 Å². The average molecular weight is 676 g/mol. The molecule has 1 aliphatic rings. The molecule has 0 amide bonds. The van der Waals surface area contributed by atoms with E-state index < -0.39 is 5.41 Å². The third-order valence-electron chi connectivity index (χ3n) is 10.6. The van der Waals surface area contributed by atoms with Gasteiger partial charge in [-0.25, -0.2) is 15.0 Å². The highest BCUT2D eigenvalue weighted by Crippen LogP contribution is 2.56. The molecule has 9 aromatic rings. The third-order valence-corrected chi connectivity index (χ3v) is 10.6. The van der Waals surface area contributed by atoms with Crippen molar-refractivity contribution in [1.82, 2.24) is 15.0 Å². The normalized spacial score (nSPS) is 12.7. The van der Waals surface area contributed by atoms with Crippen molar-refractivity contribution in [2.45, 2.75) is 5.41 Å². The predicted octanol–water partition coefficient (Wildman–Crippen LogP) is 12.1. The van der Waals surface area contributed by atoms with Gasteiger partial charge in [-0.15, -0.1) is 0 Å². The van der Waals surface area contributed by atoms with Gasteiger partial charge in [-0.05, 0) is 67.4 Å². The maximum Gasteiger partial charge on any atom is 0.164 e. The molecule has 3 heteroatoms. The fraction of sp³-hybridized carbons (Fsp3) is 0.0200. The van der Waals surface area contributed by atoms with E-state index >= 15 is 0 Å². The van der Waals surface area contributed by atoms with Gasteiger partial charge in [-0.2, -0.15) is 0 Å². The smallest absolute Gasteiger partial charge is 0.164 e. The van der Waals surface area contributed by atoms with Crippen LogP contribution in [0.1, 0.15) is 22.3 Å². The van der Waals surface area contributed by atoms with Gasteiger partial charge >= 0.3 is 0 Å². The molecule has 0 aliphatic heterocycles. The van der Waals surface area contributed by atoms with Gasteiger partial charge in [-0.3, -0.25) is 0 Å². The van der Waals surface area contributed by atoms with E-state index in [9.17, 15) is 0 Å². The molecule has 0 spiro atoms. The quantitative estimate of drug-likeness (QED) is 0.176. The highest BCUT2D eigenvalue weighted by molar-refractivity contribution is 5.98. The summed E-state index contributed by atoms with van der Waals surface area (Å²) in [6, 6.07) is 71.3. The molecule has 0 saturated heterocycles. The Kier molecular flexibility index (Phi) is 7.36. The van der Waals surface area contributed by atoms with Crippen molar-refractivity contribution in [2.24, 2.45) is 0 Å². The summed E-state index contributed by atoms with van der Waals surface area (Å²) in [4.78, 5) is 15.0. The zero-order chi connectivity index (χ0) is 35.2. The first kappa shape index (κ1) is 30.8. The Morgan fingerprint density at radius 1 is 0.302 bits per heavy atom. The summed E-state index contributed by atoms with van der Waals surface area (Å²) in [6.45, 7) is 0. The Hall–Kier alpha value is -6.97. The lowest BCUT2D eigenvalue weighted by Crippen LogP contribution is -2.28. The fourth-order valence-corrected chi connectivity index (χ4v) is 8.21. The summed E-state index contributed by atoms with van der Waals surface area (Å²) in [7, 11) is 0. The molecule has 10 rings (SSSR count). The summed E-state index contributed by atoms with van der Waals surface area (Å²) >= 11 is 0. The molecule has 0 radical (unpaired) electrons. The highest BCUT2D eigenvalue weighted by atomic mass is 15.0. The van der Waals surface area contributed by atoms with Gasteiger partial charge in [0.25, 0.3) is 0 Å². The Morgan fingerprint density at radius 2 is 0.792 bits per heavy atom. The van der Waals surface area contributed by atoms with Crippen molar-refractivity contribution in [3.63, 3.8) is 0 Å². The zero-order valence-electron chi connectivity index (χ0n) is 28.9. The summed E-state index contributed by atoms with van der Waals surface area (Å²) < 4.78 is 0. The maximum atomic E-state index is 5.04. The lowest BCUT2D eigenvalue weighted by atomic mass is 9.67. The van der Waals surface area contributed by atoms with Crippen LogP contribution in [0.4, 0.5) is 0 Å². The molecule has 0 atom stereocenters. The van der Waals surface area contributed by atoms with Gasteiger partial charge < -0.3 is 0 Å². The van der Waals surface area contributed by atoms with Crippen LogP contribution < -0.4 is 0 Å². The van der Waals surface area contributed by atoms with Crippen molar-refractivity contribution in [3.05, 3.63) is 222 Å². The lowest BCUT2D eigenvalue weighted by Gasteiger charge is -2.34. The van der Waals surface area contributed by atoms with Crippen LogP contribution in [0, 0.1) is 0 Å². The van der Waals surface area contributed by atoms with Crippen molar-refractivity contribution >= 4 is 10.8 Å². The molecule has 0 bridgehead atoms. The molecule has 53 heavy (non-hydrogen) atoms. The monoisotopic (exact) mass is 675 g/mol. The summed E-state index contributed by atoms with van der Waals surface area (Å²) in [6.07, 6.45) is 0. The molecule has 3 nitrogen and oxygen atoms in total. The molecule has 1 aromatic heterocycles. The second kappa shape index (κ2) is 12.7. The molecule has 8 aromatic carbocycles. The Balaban J connectivity index is 1.13. The van der Waals surface area contributed by atoms with Crippen LogP contribution in [-0.2, 0) is 5.41 Å². The number of hydrogen-bond acceptors (Lipinski definition) is 3. The Bertz CT molecular complexity index is 2660. The number of fused-ring (bicyclic) bond motifs is 4. The highest BCUT2D eigenvalue weighted by Gasteiger charge is 2.46. The van der Waals surface area contributed by atoms with Gasteiger partial charge in [0.15, 0.2) is 17.5 Å². The Morgan fingerprint density at radius 3 is 1.43 bits per heavy atom. The summed E-state index contributed by atoms with van der Waals surface area (Å²) in [5, 5.41) is 2.22. The first-order chi connectivity index (χ1) is 26.3. The van der Waals surface area contributed by atoms with Crippen molar-refractivity contribution in [2.75, 3.05) is 0 Å². The summed E-state index contributed by atoms with van der Waals surface area (Å²) in [5.41, 5.74) is 12.5. The van der Waals surface area contributed by atoms with Crippen molar-refractivity contribution in [3.8, 4) is 56.4 Å². The second-order valence-electron chi connectivity index (χ2n) is 13.6. The second-order valence-corrected chi connectivity index (χ2v) is 13.6. The zero-order valence-corrected chi connectivity index (χ0v) is 28.9. The molecule has 1 heterocycles. The molecular formula is C50H33N3. The van der Waals surface area contributed by atoms with E-state index in [4.69, 9.17) is 15.0 Å². The average Bonchev–Trinajstić information content (AvgIpc) is 3.55. The molecular weight excluding hydrogens is 643 g/mol. The third kappa shape index (κ3) is 5.09. The van der Waals surface area contributed by atoms with Gasteiger partial charge in [0.2, 0.25) is 0 Å². The van der Waals surface area contributed by atoms with Crippen LogP contribution in [0.5, 0.6) is 0 Å². The van der Waals surface area contributed by atoms with E-state index in [2.05, 4.69) is 140 Å². The van der Waals surface area contributed by atoms with Gasteiger partial charge in [0.1, 0.15) is 0 Å². The lowest BCUT2D eigenvalue weighted by molar-refractivity contribution is 0.769. The first-order valence-corrected chi connectivity index (χ1v) is 18.0. The maximum absolute atomic E-state index is 5.04. The number of aromatic nitrogens is 3. The van der Waals surface area contributed by atoms with Gasteiger partial charge in [-0.1, -0.05) is 188 Å². The molecule has 248 valence electrons. The minimum absolute atomic E-state index is 0.444. The minimum Gasteiger partial charge on any atom is -0.208 e. The predicted molar refractivity (Wildman–Crippen MR) is 216 cm³/mol. The number of hydrogen-bond donors (Lipinski definition) is 0. The van der Waals surface area contributed by atoms with Gasteiger partial charge in [0.05, 0.1) is 5.41 Å². The van der Waals surface area contributed by atoms with E-state index in [1.54, 1.807) is 0 Å². The number of rotatable bonds is 6. The van der Waals surface area contributed by atoms with Crippen LogP contribution in [-0.4, -0.2) is 15.0 Å². The molecule has 0 fully saturated rings. The van der Waals surface area contributed by atoms with Crippen LogP contribution in [0.2, 0.25) is 0 Å². The summed E-state index contributed by atoms with van der Waals surface area (Å²) in [5.74, 6) is 1.96. The molecule has 0 saturated carbocycles. The minimum atomic E-state index is -0.444. The number of nitrogens with zero attached hydrogens (tertiary/aromatic N) is 3. The van der Waals surface area contributed by atoms with Crippen molar-refractivity contribution < 1.29 is 0 Å². The van der Waals surface area contributed by atoms with E-state index in [0.29, 0.717) is 17.5 Å². The molecule has 0 N–H and O–H groups in total. The van der Waals surface area contributed by atoms with E-state index in [-0.39, 0.29) is 0 Å². The van der Waals surface area contributed by atoms with Crippen LogP contribution >= 0.6 is 0 Å². The fourth-order valence-electron chi connectivity index (χ4n) is 8.21. The van der Waals surface area contributed by atoms with E-state index in [0.717, 1.165) is 33.0 Å². The standard InChI is InChI=1S/C50H33N3/c1-5-16-34(17-6-1)47-51-48(35-18-7-2-8-19-35)53-49(52-47)44-26-15-20-38-32-36(28-30-41(38)44)37-29-31-43-42-25-13-14-27-45(42)50(46(43)33-37,39-21-9-3-10-22-39)40-23-11-4-12-24-40/h1-33H. The Labute approximate surface area is 309 Å². The largest absolute Gasteiger partial charge is 0.208 e. The molecule has 0 unspecified atom stereocenters. The van der Waals surface area contributed by atoms with E-state index in [1.807, 2.05) is 60.7 Å². The van der Waals surface area contributed by atoms with Crippen LogP contribution in [0.15, 0.2) is 200 Å². The number of benzene rings is 8. The first-order valence-electron chi connectivity index (χ1n) is 18.0. The van der Waals surface area contributed by atoms with Crippen LogP contribution in [0.3, 0.4) is 0 Å².